The summed E-state index contributed by atoms with van der Waals surface area (Å²) in [6.07, 6.45) is 0. The van der Waals surface area contributed by atoms with Gasteiger partial charge in [-0.15, -0.1) is 0 Å². The van der Waals surface area contributed by atoms with Crippen molar-refractivity contribution in [1.29, 1.82) is 0 Å². The summed E-state index contributed by atoms with van der Waals surface area (Å²) in [5.41, 5.74) is 2.78. The maximum absolute atomic E-state index is 11.8. The first-order valence-corrected chi connectivity index (χ1v) is 5.83. The molecule has 0 fully saturated rings. The lowest BCUT2D eigenvalue weighted by Crippen LogP contribution is -2.27. The van der Waals surface area contributed by atoms with Crippen LogP contribution in [0.15, 0.2) is 18.2 Å². The van der Waals surface area contributed by atoms with Gasteiger partial charge in [0.25, 0.3) is 5.91 Å². The Morgan fingerprint density at radius 1 is 1.41 bits per heavy atom. The monoisotopic (exact) mass is 236 g/mol. The fraction of sp³-hybridized carbons (Fsp3) is 0.462. The number of ether oxygens (including phenoxy) is 1. The third-order valence-corrected chi connectivity index (χ3v) is 2.49. The molecule has 4 heteroatoms. The number of hydrogen-bond donors (Lipinski definition) is 2. The van der Waals surface area contributed by atoms with E-state index in [4.69, 9.17) is 4.74 Å². The highest BCUT2D eigenvalue weighted by molar-refractivity contribution is 5.94. The number of rotatable bonds is 6. The van der Waals surface area contributed by atoms with Crippen molar-refractivity contribution in [3.8, 4) is 0 Å². The topological polar surface area (TPSA) is 50.4 Å². The zero-order valence-electron chi connectivity index (χ0n) is 10.7. The molecule has 0 aliphatic heterocycles. The van der Waals surface area contributed by atoms with E-state index in [1.807, 2.05) is 39.1 Å². The van der Waals surface area contributed by atoms with Crippen molar-refractivity contribution >= 4 is 11.6 Å². The molecule has 2 N–H and O–H groups in total. The highest BCUT2D eigenvalue weighted by Crippen LogP contribution is 2.15. The molecule has 0 radical (unpaired) electrons. The average Bonchev–Trinajstić information content (AvgIpc) is 2.34. The maximum atomic E-state index is 11.8. The van der Waals surface area contributed by atoms with Crippen LogP contribution in [0.3, 0.4) is 0 Å². The van der Waals surface area contributed by atoms with Crippen molar-refractivity contribution in [1.82, 2.24) is 5.32 Å². The molecule has 0 saturated carbocycles. The Bertz CT molecular complexity index is 378. The van der Waals surface area contributed by atoms with Gasteiger partial charge in [0.05, 0.1) is 6.61 Å². The first kappa shape index (κ1) is 13.5. The number of carbonyl (C=O) groups excluding carboxylic acids is 1. The van der Waals surface area contributed by atoms with Gasteiger partial charge in [-0.05, 0) is 37.6 Å². The Balaban J connectivity index is 2.54. The van der Waals surface area contributed by atoms with Crippen LogP contribution in [0, 0.1) is 6.92 Å². The first-order chi connectivity index (χ1) is 8.19. The highest BCUT2D eigenvalue weighted by atomic mass is 16.5. The molecule has 0 spiro atoms. The van der Waals surface area contributed by atoms with Crippen LogP contribution in [0.1, 0.15) is 22.8 Å². The van der Waals surface area contributed by atoms with Gasteiger partial charge in [0.15, 0.2) is 0 Å². The summed E-state index contributed by atoms with van der Waals surface area (Å²) in [5.74, 6) is -0.0598. The lowest BCUT2D eigenvalue weighted by molar-refractivity contribution is 0.0922. The standard InChI is InChI=1S/C13H20N2O2/c1-4-17-8-7-15-13(16)11-5-6-12(14-3)10(2)9-11/h5-6,9,14H,4,7-8H2,1-3H3,(H,15,16). The largest absolute Gasteiger partial charge is 0.388 e. The summed E-state index contributed by atoms with van der Waals surface area (Å²) in [7, 11) is 1.87. The second-order valence-corrected chi connectivity index (χ2v) is 3.73. The van der Waals surface area contributed by atoms with Crippen LogP contribution in [0.25, 0.3) is 0 Å². The fourth-order valence-electron chi connectivity index (χ4n) is 1.57. The number of benzene rings is 1. The normalized spacial score (nSPS) is 10.1. The number of nitrogens with one attached hydrogen (secondary N) is 2. The molecule has 94 valence electrons. The summed E-state index contributed by atoms with van der Waals surface area (Å²) >= 11 is 0. The summed E-state index contributed by atoms with van der Waals surface area (Å²) in [6, 6.07) is 5.60. The summed E-state index contributed by atoms with van der Waals surface area (Å²) in [4.78, 5) is 11.8. The van der Waals surface area contributed by atoms with Crippen LogP contribution in [-0.2, 0) is 4.74 Å². The Hall–Kier alpha value is -1.55. The minimum absolute atomic E-state index is 0.0598. The Morgan fingerprint density at radius 2 is 2.18 bits per heavy atom. The SMILES string of the molecule is CCOCCNC(=O)c1ccc(NC)c(C)c1. The molecule has 0 unspecified atom stereocenters. The lowest BCUT2D eigenvalue weighted by atomic mass is 10.1. The molecule has 1 aromatic rings. The van der Waals surface area contributed by atoms with Gasteiger partial charge < -0.3 is 15.4 Å². The third-order valence-electron chi connectivity index (χ3n) is 2.49. The Labute approximate surface area is 102 Å². The van der Waals surface area contributed by atoms with Crippen molar-refractivity contribution in [3.63, 3.8) is 0 Å². The van der Waals surface area contributed by atoms with Crippen molar-refractivity contribution in [2.24, 2.45) is 0 Å². The predicted molar refractivity (Wildman–Crippen MR) is 69.6 cm³/mol. The maximum Gasteiger partial charge on any atom is 0.251 e. The van der Waals surface area contributed by atoms with Gasteiger partial charge in [-0.2, -0.15) is 0 Å². The van der Waals surface area contributed by atoms with Crippen LogP contribution in [0.5, 0.6) is 0 Å². The number of aryl methyl sites for hydroxylation is 1. The predicted octanol–water partition coefficient (Wildman–Crippen LogP) is 1.80. The minimum Gasteiger partial charge on any atom is -0.388 e. The number of amides is 1. The van der Waals surface area contributed by atoms with Crippen LogP contribution in [-0.4, -0.2) is 32.7 Å². The smallest absolute Gasteiger partial charge is 0.251 e. The van der Waals surface area contributed by atoms with Crippen molar-refractivity contribution in [2.75, 3.05) is 32.1 Å². The second-order valence-electron chi connectivity index (χ2n) is 3.73. The van der Waals surface area contributed by atoms with Crippen LogP contribution < -0.4 is 10.6 Å². The van der Waals surface area contributed by atoms with Crippen molar-refractivity contribution in [2.45, 2.75) is 13.8 Å². The Morgan fingerprint density at radius 3 is 2.76 bits per heavy atom. The van der Waals surface area contributed by atoms with E-state index in [9.17, 15) is 4.79 Å². The molecule has 1 aromatic carbocycles. The molecular weight excluding hydrogens is 216 g/mol. The summed E-state index contributed by atoms with van der Waals surface area (Å²) < 4.78 is 5.16. The zero-order valence-corrected chi connectivity index (χ0v) is 10.7. The molecule has 0 aromatic heterocycles. The highest BCUT2D eigenvalue weighted by Gasteiger charge is 2.06. The molecule has 0 saturated heterocycles. The number of anilines is 1. The van der Waals surface area contributed by atoms with E-state index in [1.165, 1.54) is 0 Å². The first-order valence-electron chi connectivity index (χ1n) is 5.83. The number of carbonyl (C=O) groups is 1. The van der Waals surface area contributed by atoms with E-state index < -0.39 is 0 Å². The molecule has 17 heavy (non-hydrogen) atoms. The van der Waals surface area contributed by atoms with E-state index in [0.717, 1.165) is 11.3 Å². The van der Waals surface area contributed by atoms with Gasteiger partial charge in [0.2, 0.25) is 0 Å². The van der Waals surface area contributed by atoms with Crippen LogP contribution in [0.4, 0.5) is 5.69 Å². The lowest BCUT2D eigenvalue weighted by Gasteiger charge is -2.08. The van der Waals surface area contributed by atoms with Crippen molar-refractivity contribution in [3.05, 3.63) is 29.3 Å². The summed E-state index contributed by atoms with van der Waals surface area (Å²) in [5, 5.41) is 5.88. The van der Waals surface area contributed by atoms with E-state index in [0.29, 0.717) is 25.3 Å². The Kier molecular flexibility index (Phi) is 5.49. The van der Waals surface area contributed by atoms with Gasteiger partial charge in [-0.3, -0.25) is 4.79 Å². The van der Waals surface area contributed by atoms with Gasteiger partial charge in [-0.25, -0.2) is 0 Å². The van der Waals surface area contributed by atoms with E-state index >= 15 is 0 Å². The van der Waals surface area contributed by atoms with E-state index in [1.54, 1.807) is 0 Å². The van der Waals surface area contributed by atoms with Crippen LogP contribution in [0.2, 0.25) is 0 Å². The van der Waals surface area contributed by atoms with E-state index in [2.05, 4.69) is 10.6 Å². The van der Waals surface area contributed by atoms with Gasteiger partial charge in [-0.1, -0.05) is 0 Å². The summed E-state index contributed by atoms with van der Waals surface area (Å²) in [6.45, 7) is 5.67. The molecular formula is C13H20N2O2. The molecule has 0 bridgehead atoms. The third kappa shape index (κ3) is 4.07. The van der Waals surface area contributed by atoms with Crippen molar-refractivity contribution < 1.29 is 9.53 Å². The molecule has 1 rings (SSSR count). The molecule has 0 heterocycles. The quantitative estimate of drug-likeness (QED) is 0.741. The molecule has 0 aliphatic carbocycles. The average molecular weight is 236 g/mol. The second kappa shape index (κ2) is 6.91. The van der Waals surface area contributed by atoms with E-state index in [-0.39, 0.29) is 5.91 Å². The molecule has 0 atom stereocenters. The number of hydrogen-bond acceptors (Lipinski definition) is 3. The molecule has 1 amide bonds. The van der Waals surface area contributed by atoms with Crippen LogP contribution >= 0.6 is 0 Å². The fourth-order valence-corrected chi connectivity index (χ4v) is 1.57. The van der Waals surface area contributed by atoms with Gasteiger partial charge >= 0.3 is 0 Å². The molecule has 0 aliphatic rings. The molecule has 4 nitrogen and oxygen atoms in total. The van der Waals surface area contributed by atoms with Gasteiger partial charge in [0, 0.05) is 31.5 Å². The minimum atomic E-state index is -0.0598. The van der Waals surface area contributed by atoms with Gasteiger partial charge in [0.1, 0.15) is 0 Å². The zero-order chi connectivity index (χ0) is 12.7.